The molecule has 0 saturated carbocycles. The summed E-state index contributed by atoms with van der Waals surface area (Å²) in [5.41, 5.74) is 3.44. The average Bonchev–Trinajstić information content (AvgIpc) is 3.57. The Labute approximate surface area is 212 Å². The molecule has 2 aromatic carbocycles. The van der Waals surface area contributed by atoms with Crippen molar-refractivity contribution in [2.75, 3.05) is 32.7 Å². The Bertz CT molecular complexity index is 1630. The van der Waals surface area contributed by atoms with Gasteiger partial charge in [-0.3, -0.25) is 14.5 Å². The van der Waals surface area contributed by atoms with Crippen molar-refractivity contribution in [3.63, 3.8) is 0 Å². The number of rotatable bonds is 6. The summed E-state index contributed by atoms with van der Waals surface area (Å²) < 4.78 is 7.06. The van der Waals surface area contributed by atoms with Crippen molar-refractivity contribution in [1.29, 1.82) is 0 Å². The van der Waals surface area contributed by atoms with Gasteiger partial charge in [0.05, 0.1) is 17.1 Å². The maximum Gasteiger partial charge on any atom is 0.259 e. The number of aryl methyl sites for hydroxylation is 2. The van der Waals surface area contributed by atoms with Crippen LogP contribution in [0.15, 0.2) is 64.0 Å². The molecule has 0 bridgehead atoms. The number of hydrogen-bond acceptors (Lipinski definition) is 7. The van der Waals surface area contributed by atoms with Crippen LogP contribution in [0.1, 0.15) is 28.2 Å². The van der Waals surface area contributed by atoms with E-state index >= 15 is 0 Å². The zero-order valence-electron chi connectivity index (χ0n) is 20.6. The standard InChI is InChI=1S/C27H27N7O3/c1-18-8-10-19(11-9-18)24-29-23(37-31-24)7-4-12-32-13-15-33(16-14-32)27(36)21-17-28-34-22-6-3-2-5-20(22)26(35)30-25(21)34/h2-3,5-6,8-11,17H,4,7,12-16H2,1H3,(H,30,35). The number of nitrogens with one attached hydrogen (secondary N) is 1. The molecule has 10 nitrogen and oxygen atoms in total. The smallest absolute Gasteiger partial charge is 0.259 e. The molecule has 0 spiro atoms. The molecule has 0 aliphatic carbocycles. The third-order valence-electron chi connectivity index (χ3n) is 6.91. The first-order chi connectivity index (χ1) is 18.1. The third kappa shape index (κ3) is 4.51. The Balaban J connectivity index is 1.04. The van der Waals surface area contributed by atoms with Crippen molar-refractivity contribution < 1.29 is 9.32 Å². The highest BCUT2D eigenvalue weighted by atomic mass is 16.5. The lowest BCUT2D eigenvalue weighted by Gasteiger charge is -2.34. The van der Waals surface area contributed by atoms with Crippen LogP contribution in [0.5, 0.6) is 0 Å². The van der Waals surface area contributed by atoms with Crippen molar-refractivity contribution in [3.05, 3.63) is 82.1 Å². The first kappa shape index (κ1) is 23.1. The molecule has 3 aromatic heterocycles. The zero-order chi connectivity index (χ0) is 25.4. The Hall–Kier alpha value is -4.31. The Morgan fingerprint density at radius 1 is 1.05 bits per heavy atom. The number of fused-ring (bicyclic) bond motifs is 3. The van der Waals surface area contributed by atoms with Crippen molar-refractivity contribution in [3.8, 4) is 11.4 Å². The summed E-state index contributed by atoms with van der Waals surface area (Å²) in [4.78, 5) is 37.3. The lowest BCUT2D eigenvalue weighted by atomic mass is 10.1. The summed E-state index contributed by atoms with van der Waals surface area (Å²) in [6, 6.07) is 15.3. The summed E-state index contributed by atoms with van der Waals surface area (Å²) in [6.45, 7) is 5.73. The second-order valence-electron chi connectivity index (χ2n) is 9.41. The summed E-state index contributed by atoms with van der Waals surface area (Å²) in [5.74, 6) is 1.14. The predicted octanol–water partition coefficient (Wildman–Crippen LogP) is 2.92. The maximum absolute atomic E-state index is 13.3. The number of para-hydroxylation sites is 1. The first-order valence-electron chi connectivity index (χ1n) is 12.5. The molecule has 0 atom stereocenters. The SMILES string of the molecule is Cc1ccc(-c2noc(CCCN3CCN(C(=O)c4cnn5c4[nH]c(=O)c4ccccc45)CC3)n2)cc1. The zero-order valence-corrected chi connectivity index (χ0v) is 20.6. The van der Waals surface area contributed by atoms with Crippen molar-refractivity contribution in [2.24, 2.45) is 0 Å². The molecule has 4 heterocycles. The average molecular weight is 498 g/mol. The second kappa shape index (κ2) is 9.62. The summed E-state index contributed by atoms with van der Waals surface area (Å²) in [7, 11) is 0. The minimum atomic E-state index is -0.227. The van der Waals surface area contributed by atoms with Gasteiger partial charge in [-0.2, -0.15) is 10.1 Å². The highest BCUT2D eigenvalue weighted by molar-refractivity contribution is 6.00. The van der Waals surface area contributed by atoms with Gasteiger partial charge in [0.15, 0.2) is 0 Å². The molecule has 1 aliphatic heterocycles. The van der Waals surface area contributed by atoms with E-state index in [1.165, 1.54) is 5.56 Å². The van der Waals surface area contributed by atoms with Crippen molar-refractivity contribution >= 4 is 22.5 Å². The molecule has 6 rings (SSSR count). The number of aromatic nitrogens is 5. The van der Waals surface area contributed by atoms with E-state index in [0.29, 0.717) is 53.3 Å². The van der Waals surface area contributed by atoms with E-state index in [1.807, 2.05) is 54.3 Å². The van der Waals surface area contributed by atoms with Gasteiger partial charge in [-0.25, -0.2) is 4.52 Å². The molecule has 10 heteroatoms. The van der Waals surface area contributed by atoms with Gasteiger partial charge in [0.2, 0.25) is 11.7 Å². The number of piperazine rings is 1. The number of amides is 1. The van der Waals surface area contributed by atoms with Gasteiger partial charge in [0, 0.05) is 38.2 Å². The minimum Gasteiger partial charge on any atom is -0.339 e. The van der Waals surface area contributed by atoms with Crippen LogP contribution < -0.4 is 5.56 Å². The van der Waals surface area contributed by atoms with Crippen LogP contribution >= 0.6 is 0 Å². The molecule has 1 aliphatic rings. The van der Waals surface area contributed by atoms with E-state index in [2.05, 4.69) is 25.1 Å². The molecule has 188 valence electrons. The van der Waals surface area contributed by atoms with E-state index in [4.69, 9.17) is 4.52 Å². The minimum absolute atomic E-state index is 0.116. The first-order valence-corrected chi connectivity index (χ1v) is 12.5. The van der Waals surface area contributed by atoms with E-state index < -0.39 is 0 Å². The van der Waals surface area contributed by atoms with E-state index in [-0.39, 0.29) is 11.5 Å². The lowest BCUT2D eigenvalue weighted by Crippen LogP contribution is -2.48. The normalized spacial score (nSPS) is 14.6. The Morgan fingerprint density at radius 3 is 2.65 bits per heavy atom. The molecule has 1 fully saturated rings. The second-order valence-corrected chi connectivity index (χ2v) is 9.41. The Kier molecular flexibility index (Phi) is 6.01. The fraction of sp³-hybridized carbons (Fsp3) is 0.296. The summed E-state index contributed by atoms with van der Waals surface area (Å²) >= 11 is 0. The highest BCUT2D eigenvalue weighted by Gasteiger charge is 2.25. The number of benzene rings is 2. The largest absolute Gasteiger partial charge is 0.339 e. The van der Waals surface area contributed by atoms with Crippen LogP contribution in [-0.2, 0) is 6.42 Å². The fourth-order valence-corrected chi connectivity index (χ4v) is 4.81. The summed E-state index contributed by atoms with van der Waals surface area (Å²) in [6.07, 6.45) is 3.15. The van der Waals surface area contributed by atoms with Gasteiger partial charge in [0.25, 0.3) is 11.5 Å². The predicted molar refractivity (Wildman–Crippen MR) is 138 cm³/mol. The summed E-state index contributed by atoms with van der Waals surface area (Å²) in [5, 5.41) is 9.03. The number of carbonyl (C=O) groups excluding carboxylic acids is 1. The molecule has 1 amide bonds. The van der Waals surface area contributed by atoms with Crippen molar-refractivity contribution in [2.45, 2.75) is 19.8 Å². The number of nitrogens with zero attached hydrogens (tertiary/aromatic N) is 6. The molecular formula is C27H27N7O3. The number of carbonyl (C=O) groups is 1. The van der Waals surface area contributed by atoms with Gasteiger partial charge in [-0.15, -0.1) is 0 Å². The van der Waals surface area contributed by atoms with Crippen LogP contribution in [0.2, 0.25) is 0 Å². The fourth-order valence-electron chi connectivity index (χ4n) is 4.81. The number of hydrogen-bond donors (Lipinski definition) is 1. The maximum atomic E-state index is 13.3. The van der Waals surface area contributed by atoms with Gasteiger partial charge in [0.1, 0.15) is 11.2 Å². The van der Waals surface area contributed by atoms with Gasteiger partial charge in [-0.05, 0) is 32.0 Å². The van der Waals surface area contributed by atoms with Crippen LogP contribution in [-0.4, -0.2) is 73.2 Å². The van der Waals surface area contributed by atoms with Gasteiger partial charge in [-0.1, -0.05) is 47.1 Å². The van der Waals surface area contributed by atoms with Crippen LogP contribution in [0.25, 0.3) is 27.9 Å². The van der Waals surface area contributed by atoms with Crippen molar-refractivity contribution in [1.82, 2.24) is 34.5 Å². The number of H-pyrrole nitrogens is 1. The molecule has 37 heavy (non-hydrogen) atoms. The van der Waals surface area contributed by atoms with Crippen LogP contribution in [0.4, 0.5) is 0 Å². The number of aromatic amines is 1. The lowest BCUT2D eigenvalue weighted by molar-refractivity contribution is 0.0637. The molecular weight excluding hydrogens is 470 g/mol. The third-order valence-corrected chi connectivity index (χ3v) is 6.91. The van der Waals surface area contributed by atoms with E-state index in [1.54, 1.807) is 16.8 Å². The van der Waals surface area contributed by atoms with Crippen LogP contribution in [0.3, 0.4) is 0 Å². The topological polar surface area (TPSA) is 113 Å². The molecule has 0 radical (unpaired) electrons. The molecule has 1 N–H and O–H groups in total. The van der Waals surface area contributed by atoms with Crippen LogP contribution in [0, 0.1) is 6.92 Å². The van der Waals surface area contributed by atoms with Gasteiger partial charge < -0.3 is 14.4 Å². The molecule has 1 saturated heterocycles. The van der Waals surface area contributed by atoms with Gasteiger partial charge >= 0.3 is 0 Å². The monoisotopic (exact) mass is 497 g/mol. The van der Waals surface area contributed by atoms with E-state index in [9.17, 15) is 9.59 Å². The molecule has 5 aromatic rings. The molecule has 0 unspecified atom stereocenters. The quantitative estimate of drug-likeness (QED) is 0.384. The highest BCUT2D eigenvalue weighted by Crippen LogP contribution is 2.18. The Morgan fingerprint density at radius 2 is 1.84 bits per heavy atom. The van der Waals surface area contributed by atoms with E-state index in [0.717, 1.165) is 31.6 Å².